The number of hydrogen-bond acceptors (Lipinski definition) is 2. The van der Waals surface area contributed by atoms with Crippen LogP contribution in [0, 0.1) is 11.8 Å². The molecule has 0 saturated heterocycles. The Kier molecular flexibility index (Phi) is 2.85. The average molecular weight is 271 g/mol. The molecule has 108 valence electrons. The zero-order valence-corrected chi connectivity index (χ0v) is 12.6. The van der Waals surface area contributed by atoms with Gasteiger partial charge in [0.05, 0.1) is 0 Å². The largest absolute Gasteiger partial charge is 0.487 e. The molecule has 3 atom stereocenters. The maximum Gasteiger partial charge on any atom is 0.123 e. The zero-order chi connectivity index (χ0) is 13.7. The van der Waals surface area contributed by atoms with E-state index in [1.54, 1.807) is 0 Å². The summed E-state index contributed by atoms with van der Waals surface area (Å²) >= 11 is 0. The minimum atomic E-state index is -0.0288. The van der Waals surface area contributed by atoms with Crippen LogP contribution in [0.2, 0.25) is 0 Å². The van der Waals surface area contributed by atoms with Crippen molar-refractivity contribution in [2.24, 2.45) is 11.8 Å². The standard InChI is InChI=1S/C18H25NO/c1-18(2)10-15-8-13(4-6-17(15)20-18)11-19-16-9-12-3-5-14(16)7-12/h4,6,8,12,14,16,19H,3,5,7,9-11H2,1-2H3. The number of fused-ring (bicyclic) bond motifs is 3. The van der Waals surface area contributed by atoms with Crippen molar-refractivity contribution in [3.8, 4) is 5.75 Å². The number of nitrogens with one attached hydrogen (secondary N) is 1. The second-order valence-electron chi connectivity index (χ2n) is 7.64. The lowest BCUT2D eigenvalue weighted by molar-refractivity contribution is 0.138. The van der Waals surface area contributed by atoms with Gasteiger partial charge in [0.25, 0.3) is 0 Å². The highest BCUT2D eigenvalue weighted by atomic mass is 16.5. The summed E-state index contributed by atoms with van der Waals surface area (Å²) in [5.74, 6) is 3.06. The predicted molar refractivity (Wildman–Crippen MR) is 80.9 cm³/mol. The van der Waals surface area contributed by atoms with Crippen molar-refractivity contribution in [2.75, 3.05) is 0 Å². The summed E-state index contributed by atoms with van der Waals surface area (Å²) in [6, 6.07) is 7.49. The predicted octanol–water partition coefficient (Wildman–Crippen LogP) is 3.68. The van der Waals surface area contributed by atoms with Gasteiger partial charge < -0.3 is 10.1 Å². The molecule has 1 heterocycles. The van der Waals surface area contributed by atoms with Crippen molar-refractivity contribution >= 4 is 0 Å². The first-order chi connectivity index (χ1) is 9.59. The lowest BCUT2D eigenvalue weighted by Crippen LogP contribution is -2.33. The maximum absolute atomic E-state index is 5.95. The van der Waals surface area contributed by atoms with Crippen LogP contribution >= 0.6 is 0 Å². The molecular formula is C18H25NO. The van der Waals surface area contributed by atoms with Crippen LogP contribution in [0.1, 0.15) is 50.7 Å². The van der Waals surface area contributed by atoms with Crippen molar-refractivity contribution in [2.45, 2.75) is 64.1 Å². The van der Waals surface area contributed by atoms with E-state index in [2.05, 4.69) is 37.4 Å². The van der Waals surface area contributed by atoms with Gasteiger partial charge in [-0.25, -0.2) is 0 Å². The van der Waals surface area contributed by atoms with Crippen LogP contribution in [0.25, 0.3) is 0 Å². The summed E-state index contributed by atoms with van der Waals surface area (Å²) in [7, 11) is 0. The first-order valence-corrected chi connectivity index (χ1v) is 8.13. The summed E-state index contributed by atoms with van der Waals surface area (Å²) in [6.07, 6.45) is 6.85. The van der Waals surface area contributed by atoms with E-state index in [0.29, 0.717) is 0 Å². The van der Waals surface area contributed by atoms with Crippen LogP contribution < -0.4 is 10.1 Å². The van der Waals surface area contributed by atoms with Crippen LogP contribution in [0.15, 0.2) is 18.2 Å². The molecule has 0 spiro atoms. The molecular weight excluding hydrogens is 246 g/mol. The summed E-state index contributed by atoms with van der Waals surface area (Å²) < 4.78 is 5.95. The Hall–Kier alpha value is -1.02. The van der Waals surface area contributed by atoms with Gasteiger partial charge in [-0.05, 0) is 62.1 Å². The van der Waals surface area contributed by atoms with Gasteiger partial charge in [0, 0.05) is 19.0 Å². The summed E-state index contributed by atoms with van der Waals surface area (Å²) in [6.45, 7) is 5.35. The fourth-order valence-electron chi connectivity index (χ4n) is 4.52. The van der Waals surface area contributed by atoms with Crippen LogP contribution in [0.3, 0.4) is 0 Å². The van der Waals surface area contributed by atoms with Crippen LogP contribution in [-0.2, 0) is 13.0 Å². The van der Waals surface area contributed by atoms with Gasteiger partial charge >= 0.3 is 0 Å². The second kappa shape index (κ2) is 4.49. The Labute approximate surface area is 121 Å². The summed E-state index contributed by atoms with van der Waals surface area (Å²) in [5, 5.41) is 3.80. The molecule has 3 unspecified atom stereocenters. The molecule has 2 fully saturated rings. The minimum Gasteiger partial charge on any atom is -0.487 e. The SMILES string of the molecule is CC1(C)Cc2cc(CNC3CC4CCC3C4)ccc2O1. The van der Waals surface area contributed by atoms with E-state index in [1.807, 2.05) is 0 Å². The van der Waals surface area contributed by atoms with E-state index in [4.69, 9.17) is 4.74 Å². The molecule has 2 heteroatoms. The fourth-order valence-corrected chi connectivity index (χ4v) is 4.52. The molecule has 1 aliphatic heterocycles. The highest BCUT2D eigenvalue weighted by Crippen LogP contribution is 2.44. The minimum absolute atomic E-state index is 0.0288. The fraction of sp³-hybridized carbons (Fsp3) is 0.667. The summed E-state index contributed by atoms with van der Waals surface area (Å²) in [5.41, 5.74) is 2.76. The van der Waals surface area contributed by atoms with E-state index in [1.165, 1.54) is 36.8 Å². The Morgan fingerprint density at radius 2 is 2.15 bits per heavy atom. The molecule has 1 aromatic rings. The van der Waals surface area contributed by atoms with Gasteiger partial charge in [0.15, 0.2) is 0 Å². The van der Waals surface area contributed by atoms with Crippen molar-refractivity contribution in [1.82, 2.24) is 5.32 Å². The molecule has 0 amide bonds. The van der Waals surface area contributed by atoms with Crippen molar-refractivity contribution in [3.63, 3.8) is 0 Å². The molecule has 3 aliphatic rings. The third-order valence-corrected chi connectivity index (χ3v) is 5.43. The molecule has 1 aromatic carbocycles. The Bertz CT molecular complexity index is 522. The van der Waals surface area contributed by atoms with Gasteiger partial charge in [-0.1, -0.05) is 18.6 Å². The smallest absolute Gasteiger partial charge is 0.123 e. The quantitative estimate of drug-likeness (QED) is 0.905. The molecule has 4 rings (SSSR count). The van der Waals surface area contributed by atoms with Crippen molar-refractivity contribution < 1.29 is 4.74 Å². The Morgan fingerprint density at radius 1 is 1.25 bits per heavy atom. The molecule has 2 aliphatic carbocycles. The van der Waals surface area contributed by atoms with Crippen LogP contribution in [0.5, 0.6) is 5.75 Å². The van der Waals surface area contributed by atoms with Crippen LogP contribution in [0.4, 0.5) is 0 Å². The molecule has 0 radical (unpaired) electrons. The van der Waals surface area contributed by atoms with Gasteiger partial charge in [-0.3, -0.25) is 0 Å². The topological polar surface area (TPSA) is 21.3 Å². The molecule has 0 aromatic heterocycles. The number of benzene rings is 1. The Balaban J connectivity index is 1.41. The highest BCUT2D eigenvalue weighted by Gasteiger charge is 2.39. The molecule has 2 saturated carbocycles. The normalized spacial score (nSPS) is 33.2. The molecule has 20 heavy (non-hydrogen) atoms. The van der Waals surface area contributed by atoms with Gasteiger partial charge in [0.1, 0.15) is 11.4 Å². The average Bonchev–Trinajstić information content (AvgIpc) is 3.06. The van der Waals surface area contributed by atoms with E-state index >= 15 is 0 Å². The van der Waals surface area contributed by atoms with Gasteiger partial charge in [0.2, 0.25) is 0 Å². The van der Waals surface area contributed by atoms with Gasteiger partial charge in [-0.15, -0.1) is 0 Å². The number of rotatable bonds is 3. The lowest BCUT2D eigenvalue weighted by atomic mass is 9.95. The van der Waals surface area contributed by atoms with E-state index < -0.39 is 0 Å². The summed E-state index contributed by atoms with van der Waals surface area (Å²) in [4.78, 5) is 0. The first-order valence-electron chi connectivity index (χ1n) is 8.13. The number of hydrogen-bond donors (Lipinski definition) is 1. The molecule has 2 nitrogen and oxygen atoms in total. The van der Waals surface area contributed by atoms with E-state index in [-0.39, 0.29) is 5.60 Å². The third kappa shape index (κ3) is 2.24. The van der Waals surface area contributed by atoms with Gasteiger partial charge in [-0.2, -0.15) is 0 Å². The molecule has 1 N–H and O–H groups in total. The number of ether oxygens (including phenoxy) is 1. The third-order valence-electron chi connectivity index (χ3n) is 5.43. The van der Waals surface area contributed by atoms with Crippen molar-refractivity contribution in [1.29, 1.82) is 0 Å². The van der Waals surface area contributed by atoms with Crippen LogP contribution in [-0.4, -0.2) is 11.6 Å². The monoisotopic (exact) mass is 271 g/mol. The zero-order valence-electron chi connectivity index (χ0n) is 12.6. The van der Waals surface area contributed by atoms with E-state index in [9.17, 15) is 0 Å². The highest BCUT2D eigenvalue weighted by molar-refractivity contribution is 5.41. The second-order valence-corrected chi connectivity index (χ2v) is 7.64. The lowest BCUT2D eigenvalue weighted by Gasteiger charge is -2.23. The Morgan fingerprint density at radius 3 is 2.90 bits per heavy atom. The first kappa shape index (κ1) is 12.7. The van der Waals surface area contributed by atoms with Crippen molar-refractivity contribution in [3.05, 3.63) is 29.3 Å². The maximum atomic E-state index is 5.95. The van der Waals surface area contributed by atoms with E-state index in [0.717, 1.165) is 36.6 Å². The molecule has 2 bridgehead atoms.